The van der Waals surface area contributed by atoms with Crippen molar-refractivity contribution in [2.24, 2.45) is 10.8 Å². The Morgan fingerprint density at radius 2 is 1.65 bits per heavy atom. The number of Topliss-reactive ketones (excluding diaryl/α,β-unsaturated/α-hetero) is 1. The van der Waals surface area contributed by atoms with E-state index < -0.39 is 16.9 Å². The Bertz CT molecular complexity index is 539. The summed E-state index contributed by atoms with van der Waals surface area (Å²) < 4.78 is 5.74. The number of cyclic esters (lactones) is 1. The standard InChI is InChI=1S/C17H20O3/c1-16(2)13(12-8-4-3-5-9-12)20-15(19)17(14(16)18)10-6-7-11-17/h3-5,8-9,13H,6-7,10-11H2,1-2H3. The minimum Gasteiger partial charge on any atom is -0.456 e. The van der Waals surface area contributed by atoms with Gasteiger partial charge in [-0.2, -0.15) is 0 Å². The molecule has 1 unspecified atom stereocenters. The molecule has 0 aromatic heterocycles. The van der Waals surface area contributed by atoms with Crippen molar-refractivity contribution in [3.63, 3.8) is 0 Å². The van der Waals surface area contributed by atoms with Crippen LogP contribution in [0.25, 0.3) is 0 Å². The zero-order valence-electron chi connectivity index (χ0n) is 12.0. The molecule has 1 aliphatic heterocycles. The Hall–Kier alpha value is -1.64. The van der Waals surface area contributed by atoms with Crippen LogP contribution < -0.4 is 0 Å². The van der Waals surface area contributed by atoms with E-state index in [1.165, 1.54) is 0 Å². The first-order valence-corrected chi connectivity index (χ1v) is 7.29. The lowest BCUT2D eigenvalue weighted by molar-refractivity contribution is -0.189. The van der Waals surface area contributed by atoms with Crippen LogP contribution >= 0.6 is 0 Å². The summed E-state index contributed by atoms with van der Waals surface area (Å²) in [4.78, 5) is 25.4. The normalized spacial score (nSPS) is 27.6. The highest BCUT2D eigenvalue weighted by atomic mass is 16.5. The summed E-state index contributed by atoms with van der Waals surface area (Å²) in [7, 11) is 0. The highest BCUT2D eigenvalue weighted by Gasteiger charge is 2.60. The first kappa shape index (κ1) is 13.3. The summed E-state index contributed by atoms with van der Waals surface area (Å²) in [5, 5.41) is 0. The van der Waals surface area contributed by atoms with E-state index in [1.807, 2.05) is 44.2 Å². The van der Waals surface area contributed by atoms with E-state index >= 15 is 0 Å². The molecule has 3 rings (SSSR count). The van der Waals surface area contributed by atoms with Crippen LogP contribution in [0.1, 0.15) is 51.2 Å². The average Bonchev–Trinajstić information content (AvgIpc) is 2.93. The van der Waals surface area contributed by atoms with Crippen molar-refractivity contribution in [1.82, 2.24) is 0 Å². The molecule has 0 bridgehead atoms. The van der Waals surface area contributed by atoms with Crippen molar-refractivity contribution >= 4 is 11.8 Å². The molecular formula is C17H20O3. The maximum absolute atomic E-state index is 13.0. The topological polar surface area (TPSA) is 43.4 Å². The molecule has 1 saturated carbocycles. The summed E-state index contributed by atoms with van der Waals surface area (Å²) in [6.45, 7) is 3.80. The number of ketones is 1. The highest BCUT2D eigenvalue weighted by molar-refractivity contribution is 6.08. The molecule has 0 amide bonds. The number of esters is 1. The minimum atomic E-state index is -0.866. The van der Waals surface area contributed by atoms with E-state index in [9.17, 15) is 9.59 Å². The third kappa shape index (κ3) is 1.72. The van der Waals surface area contributed by atoms with Crippen LogP contribution in [0.5, 0.6) is 0 Å². The second kappa shape index (κ2) is 4.44. The maximum atomic E-state index is 13.0. The van der Waals surface area contributed by atoms with Crippen LogP contribution in [0, 0.1) is 10.8 Å². The predicted octanol–water partition coefficient (Wildman–Crippen LogP) is 3.44. The SMILES string of the molecule is CC1(C)C(=O)C2(CCCC2)C(=O)OC1c1ccccc1. The fourth-order valence-corrected chi connectivity index (χ4v) is 3.72. The van der Waals surface area contributed by atoms with Crippen molar-refractivity contribution in [3.8, 4) is 0 Å². The van der Waals surface area contributed by atoms with Crippen LogP contribution in [0.15, 0.2) is 30.3 Å². The maximum Gasteiger partial charge on any atom is 0.320 e. The van der Waals surface area contributed by atoms with Gasteiger partial charge in [0.15, 0.2) is 5.78 Å². The van der Waals surface area contributed by atoms with Gasteiger partial charge in [-0.1, -0.05) is 43.2 Å². The molecule has 1 aromatic carbocycles. The second-order valence-corrected chi connectivity index (χ2v) is 6.54. The largest absolute Gasteiger partial charge is 0.456 e. The molecule has 1 atom stereocenters. The molecule has 1 aliphatic carbocycles. The zero-order chi connectivity index (χ0) is 14.4. The zero-order valence-corrected chi connectivity index (χ0v) is 12.0. The van der Waals surface area contributed by atoms with Gasteiger partial charge in [-0.25, -0.2) is 0 Å². The fourth-order valence-electron chi connectivity index (χ4n) is 3.72. The minimum absolute atomic E-state index is 0.0626. The summed E-state index contributed by atoms with van der Waals surface area (Å²) in [5.74, 6) is -0.249. The van der Waals surface area contributed by atoms with Crippen LogP contribution in [-0.4, -0.2) is 11.8 Å². The van der Waals surface area contributed by atoms with Crippen LogP contribution in [-0.2, 0) is 14.3 Å². The summed E-state index contributed by atoms with van der Waals surface area (Å²) in [5.41, 5.74) is -0.638. The van der Waals surface area contributed by atoms with Gasteiger partial charge in [-0.05, 0) is 32.3 Å². The molecule has 106 valence electrons. The van der Waals surface area contributed by atoms with Crippen molar-refractivity contribution in [2.45, 2.75) is 45.6 Å². The Morgan fingerprint density at radius 1 is 1.05 bits per heavy atom. The molecule has 3 heteroatoms. The third-order valence-electron chi connectivity index (χ3n) is 4.85. The van der Waals surface area contributed by atoms with Gasteiger partial charge in [0, 0.05) is 0 Å². The van der Waals surface area contributed by atoms with Gasteiger partial charge in [0.2, 0.25) is 0 Å². The van der Waals surface area contributed by atoms with E-state index in [0.717, 1.165) is 18.4 Å². The number of ether oxygens (including phenoxy) is 1. The van der Waals surface area contributed by atoms with Gasteiger partial charge >= 0.3 is 5.97 Å². The van der Waals surface area contributed by atoms with Gasteiger partial charge in [-0.3, -0.25) is 9.59 Å². The monoisotopic (exact) mass is 272 g/mol. The van der Waals surface area contributed by atoms with Crippen molar-refractivity contribution in [3.05, 3.63) is 35.9 Å². The number of carbonyl (C=O) groups excluding carboxylic acids is 2. The molecule has 1 saturated heterocycles. The lowest BCUT2D eigenvalue weighted by Crippen LogP contribution is -2.53. The lowest BCUT2D eigenvalue weighted by Gasteiger charge is -2.44. The Balaban J connectivity index is 2.01. The molecular weight excluding hydrogens is 252 g/mol. The summed E-state index contributed by atoms with van der Waals surface area (Å²) in [6, 6.07) is 9.56. The van der Waals surface area contributed by atoms with Crippen molar-refractivity contribution in [2.75, 3.05) is 0 Å². The molecule has 1 spiro atoms. The second-order valence-electron chi connectivity index (χ2n) is 6.54. The van der Waals surface area contributed by atoms with E-state index in [4.69, 9.17) is 4.74 Å². The first-order chi connectivity index (χ1) is 9.48. The van der Waals surface area contributed by atoms with Gasteiger partial charge in [0.1, 0.15) is 11.5 Å². The lowest BCUT2D eigenvalue weighted by atomic mass is 9.64. The van der Waals surface area contributed by atoms with Crippen LogP contribution in [0.2, 0.25) is 0 Å². The number of hydrogen-bond donors (Lipinski definition) is 0. The summed E-state index contributed by atoms with van der Waals surface area (Å²) in [6.07, 6.45) is 2.69. The predicted molar refractivity (Wildman–Crippen MR) is 75.0 cm³/mol. The summed E-state index contributed by atoms with van der Waals surface area (Å²) >= 11 is 0. The number of hydrogen-bond acceptors (Lipinski definition) is 3. The molecule has 1 heterocycles. The van der Waals surface area contributed by atoms with E-state index in [-0.39, 0.29) is 11.8 Å². The fraction of sp³-hybridized carbons (Fsp3) is 0.529. The van der Waals surface area contributed by atoms with E-state index in [2.05, 4.69) is 0 Å². The number of carbonyl (C=O) groups is 2. The smallest absolute Gasteiger partial charge is 0.320 e. The molecule has 20 heavy (non-hydrogen) atoms. The Morgan fingerprint density at radius 3 is 2.25 bits per heavy atom. The number of benzene rings is 1. The van der Waals surface area contributed by atoms with Gasteiger partial charge < -0.3 is 4.74 Å². The Labute approximate surface area is 119 Å². The Kier molecular flexibility index (Phi) is 2.96. The molecule has 1 aromatic rings. The van der Waals surface area contributed by atoms with Gasteiger partial charge in [-0.15, -0.1) is 0 Å². The van der Waals surface area contributed by atoms with E-state index in [0.29, 0.717) is 12.8 Å². The van der Waals surface area contributed by atoms with E-state index in [1.54, 1.807) is 0 Å². The van der Waals surface area contributed by atoms with Crippen LogP contribution in [0.4, 0.5) is 0 Å². The van der Waals surface area contributed by atoms with Gasteiger partial charge in [0.05, 0.1) is 5.41 Å². The van der Waals surface area contributed by atoms with Crippen molar-refractivity contribution < 1.29 is 14.3 Å². The first-order valence-electron chi connectivity index (χ1n) is 7.29. The van der Waals surface area contributed by atoms with Crippen molar-refractivity contribution in [1.29, 1.82) is 0 Å². The quantitative estimate of drug-likeness (QED) is 0.581. The van der Waals surface area contributed by atoms with Gasteiger partial charge in [0.25, 0.3) is 0 Å². The number of rotatable bonds is 1. The molecule has 0 radical (unpaired) electrons. The average molecular weight is 272 g/mol. The highest BCUT2D eigenvalue weighted by Crippen LogP contribution is 2.53. The molecule has 2 aliphatic rings. The van der Waals surface area contributed by atoms with Crippen LogP contribution in [0.3, 0.4) is 0 Å². The third-order valence-corrected chi connectivity index (χ3v) is 4.85. The molecule has 2 fully saturated rings. The molecule has 3 nitrogen and oxygen atoms in total. The molecule has 0 N–H and O–H groups in total.